The molecule has 1 rings (SSSR count). The Kier molecular flexibility index (Phi) is 10.5. The van der Waals surface area contributed by atoms with Gasteiger partial charge in [-0.3, -0.25) is 0 Å². The summed E-state index contributed by atoms with van der Waals surface area (Å²) in [5.74, 6) is 1.19. The van der Waals surface area contributed by atoms with E-state index in [0.717, 1.165) is 25.5 Å². The lowest BCUT2D eigenvalue weighted by atomic mass is 10.1. The van der Waals surface area contributed by atoms with Crippen LogP contribution < -0.4 is 0 Å². The SMILES string of the molecule is C=CC[C@H](O)C[C@@H](CC1=CCCCS1)OCOCC[Si](C)(C)C. The summed E-state index contributed by atoms with van der Waals surface area (Å²) in [5, 5.41) is 10.0. The highest BCUT2D eigenvalue weighted by Crippen LogP contribution is 2.29. The summed E-state index contributed by atoms with van der Waals surface area (Å²) >= 11 is 1.92. The maximum absolute atomic E-state index is 10.0. The number of ether oxygens (including phenoxy) is 2. The standard InChI is InChI=1S/C18H34O3SSi/c1-5-8-16(19)13-17(14-18-9-6-7-11-22-18)21-15-20-10-12-23(2,3)4/h5,9,16-17,19H,1,6-8,10-15H2,2-4H3/t16-,17-/m0/s1. The van der Waals surface area contributed by atoms with E-state index in [1.807, 2.05) is 11.8 Å². The van der Waals surface area contributed by atoms with Crippen molar-refractivity contribution in [3.63, 3.8) is 0 Å². The van der Waals surface area contributed by atoms with Crippen molar-refractivity contribution >= 4 is 19.8 Å². The van der Waals surface area contributed by atoms with Crippen LogP contribution in [0.2, 0.25) is 25.7 Å². The minimum Gasteiger partial charge on any atom is -0.393 e. The number of aliphatic hydroxyl groups excluding tert-OH is 1. The fraction of sp³-hybridized carbons (Fsp3) is 0.778. The van der Waals surface area contributed by atoms with E-state index in [0.29, 0.717) is 19.6 Å². The lowest BCUT2D eigenvalue weighted by Crippen LogP contribution is -2.24. The molecule has 5 heteroatoms. The molecule has 0 fully saturated rings. The molecule has 1 N–H and O–H groups in total. The minimum absolute atomic E-state index is 0.0219. The van der Waals surface area contributed by atoms with Crippen LogP contribution in [0.25, 0.3) is 0 Å². The Morgan fingerprint density at radius 1 is 1.43 bits per heavy atom. The molecule has 0 aromatic carbocycles. The first-order valence-corrected chi connectivity index (χ1v) is 13.4. The summed E-state index contributed by atoms with van der Waals surface area (Å²) in [6.07, 6.45) is 8.29. The van der Waals surface area contributed by atoms with Gasteiger partial charge in [0, 0.05) is 27.5 Å². The van der Waals surface area contributed by atoms with Crippen molar-refractivity contribution in [2.45, 2.75) is 70.0 Å². The summed E-state index contributed by atoms with van der Waals surface area (Å²) in [6.45, 7) is 11.8. The summed E-state index contributed by atoms with van der Waals surface area (Å²) < 4.78 is 11.6. The van der Waals surface area contributed by atoms with Crippen molar-refractivity contribution in [1.82, 2.24) is 0 Å². The van der Waals surface area contributed by atoms with Crippen LogP contribution in [0, 0.1) is 0 Å². The third kappa shape index (κ3) is 11.2. The van der Waals surface area contributed by atoms with E-state index < -0.39 is 8.07 Å². The molecule has 134 valence electrons. The number of thioether (sulfide) groups is 1. The van der Waals surface area contributed by atoms with Gasteiger partial charge in [-0.15, -0.1) is 18.3 Å². The average Bonchev–Trinajstić information content (AvgIpc) is 2.47. The molecule has 0 spiro atoms. The van der Waals surface area contributed by atoms with Crippen molar-refractivity contribution < 1.29 is 14.6 Å². The van der Waals surface area contributed by atoms with Gasteiger partial charge in [0.25, 0.3) is 0 Å². The maximum atomic E-state index is 10.0. The van der Waals surface area contributed by atoms with E-state index in [1.54, 1.807) is 6.08 Å². The second kappa shape index (κ2) is 11.5. The van der Waals surface area contributed by atoms with Crippen molar-refractivity contribution in [3.05, 3.63) is 23.6 Å². The smallest absolute Gasteiger partial charge is 0.147 e. The second-order valence-electron chi connectivity index (χ2n) is 7.40. The first-order valence-electron chi connectivity index (χ1n) is 8.71. The van der Waals surface area contributed by atoms with Gasteiger partial charge in [0.15, 0.2) is 0 Å². The normalized spacial score (nSPS) is 18.3. The van der Waals surface area contributed by atoms with Gasteiger partial charge in [-0.05, 0) is 36.0 Å². The third-order valence-corrected chi connectivity index (χ3v) is 6.70. The van der Waals surface area contributed by atoms with Gasteiger partial charge in [0.2, 0.25) is 0 Å². The highest BCUT2D eigenvalue weighted by Gasteiger charge is 2.18. The molecule has 0 aliphatic carbocycles. The summed E-state index contributed by atoms with van der Waals surface area (Å²) in [5.41, 5.74) is 0. The molecule has 0 bridgehead atoms. The number of hydrogen-bond acceptors (Lipinski definition) is 4. The molecule has 0 radical (unpaired) electrons. The predicted molar refractivity (Wildman–Crippen MR) is 104 cm³/mol. The molecular formula is C18H34O3SSi. The first kappa shape index (κ1) is 21.0. The van der Waals surface area contributed by atoms with Gasteiger partial charge in [-0.1, -0.05) is 31.8 Å². The molecule has 23 heavy (non-hydrogen) atoms. The first-order chi connectivity index (χ1) is 10.9. The number of allylic oxidation sites excluding steroid dienone is 1. The molecule has 2 atom stereocenters. The Morgan fingerprint density at radius 3 is 2.83 bits per heavy atom. The van der Waals surface area contributed by atoms with Crippen molar-refractivity contribution in [3.8, 4) is 0 Å². The Bertz CT molecular complexity index is 366. The molecule has 0 aromatic rings. The Hall–Kier alpha value is -0.0731. The largest absolute Gasteiger partial charge is 0.393 e. The van der Waals surface area contributed by atoms with E-state index >= 15 is 0 Å². The molecule has 3 nitrogen and oxygen atoms in total. The van der Waals surface area contributed by atoms with Crippen molar-refractivity contribution in [2.24, 2.45) is 0 Å². The van der Waals surface area contributed by atoms with Crippen LogP contribution in [0.4, 0.5) is 0 Å². The fourth-order valence-electron chi connectivity index (χ4n) is 2.36. The zero-order chi connectivity index (χ0) is 17.1. The monoisotopic (exact) mass is 358 g/mol. The van der Waals surface area contributed by atoms with Crippen LogP contribution in [-0.2, 0) is 9.47 Å². The fourth-order valence-corrected chi connectivity index (χ4v) is 4.23. The minimum atomic E-state index is -1.05. The number of rotatable bonds is 12. The Morgan fingerprint density at radius 2 is 2.22 bits per heavy atom. The molecule has 0 saturated heterocycles. The van der Waals surface area contributed by atoms with Gasteiger partial charge < -0.3 is 14.6 Å². The zero-order valence-electron chi connectivity index (χ0n) is 15.1. The van der Waals surface area contributed by atoms with Gasteiger partial charge in [0.1, 0.15) is 6.79 Å². The topological polar surface area (TPSA) is 38.7 Å². The zero-order valence-corrected chi connectivity index (χ0v) is 16.9. The van der Waals surface area contributed by atoms with E-state index in [-0.39, 0.29) is 12.2 Å². The van der Waals surface area contributed by atoms with E-state index in [2.05, 4.69) is 32.3 Å². The van der Waals surface area contributed by atoms with E-state index in [9.17, 15) is 5.11 Å². The van der Waals surface area contributed by atoms with E-state index in [4.69, 9.17) is 9.47 Å². The average molecular weight is 359 g/mol. The number of aliphatic hydroxyl groups is 1. The summed E-state index contributed by atoms with van der Waals surface area (Å²) in [7, 11) is -1.05. The lowest BCUT2D eigenvalue weighted by Gasteiger charge is -2.23. The van der Waals surface area contributed by atoms with Crippen molar-refractivity contribution in [2.75, 3.05) is 19.2 Å². The predicted octanol–water partition coefficient (Wildman–Crippen LogP) is 4.81. The molecule has 0 unspecified atom stereocenters. The van der Waals surface area contributed by atoms with Crippen LogP contribution >= 0.6 is 11.8 Å². The van der Waals surface area contributed by atoms with Gasteiger partial charge >= 0.3 is 0 Å². The third-order valence-electron chi connectivity index (χ3n) is 3.79. The van der Waals surface area contributed by atoms with Crippen LogP contribution in [0.3, 0.4) is 0 Å². The summed E-state index contributed by atoms with van der Waals surface area (Å²) in [4.78, 5) is 1.40. The van der Waals surface area contributed by atoms with Crippen LogP contribution in [-0.4, -0.2) is 44.5 Å². The van der Waals surface area contributed by atoms with Crippen molar-refractivity contribution in [1.29, 1.82) is 0 Å². The quantitative estimate of drug-likeness (QED) is 0.235. The molecular weight excluding hydrogens is 324 g/mol. The van der Waals surface area contributed by atoms with E-state index in [1.165, 1.54) is 17.1 Å². The molecule has 1 heterocycles. The van der Waals surface area contributed by atoms with Gasteiger partial charge in [-0.2, -0.15) is 0 Å². The van der Waals surface area contributed by atoms with Gasteiger partial charge in [-0.25, -0.2) is 0 Å². The molecule has 1 aliphatic heterocycles. The van der Waals surface area contributed by atoms with Crippen LogP contribution in [0.5, 0.6) is 0 Å². The summed E-state index contributed by atoms with van der Waals surface area (Å²) in [6, 6.07) is 1.15. The highest BCUT2D eigenvalue weighted by molar-refractivity contribution is 8.03. The molecule has 0 aromatic heterocycles. The van der Waals surface area contributed by atoms with Crippen LogP contribution in [0.15, 0.2) is 23.6 Å². The van der Waals surface area contributed by atoms with Crippen LogP contribution in [0.1, 0.15) is 32.1 Å². The maximum Gasteiger partial charge on any atom is 0.147 e. The highest BCUT2D eigenvalue weighted by atomic mass is 32.2. The molecule has 1 aliphatic rings. The molecule has 0 amide bonds. The van der Waals surface area contributed by atoms with Gasteiger partial charge in [0.05, 0.1) is 12.2 Å². The number of hydrogen-bond donors (Lipinski definition) is 1. The Labute approximate surface area is 147 Å². The second-order valence-corrected chi connectivity index (χ2v) is 14.2. The lowest BCUT2D eigenvalue weighted by molar-refractivity contribution is -0.0957. The molecule has 0 saturated carbocycles. The Balaban J connectivity index is 2.37.